The number of rotatable bonds is 5. The fourth-order valence-corrected chi connectivity index (χ4v) is 2.16. The monoisotopic (exact) mass is 300 g/mol. The van der Waals surface area contributed by atoms with Crippen LogP contribution in [-0.4, -0.2) is 43.8 Å². The molecule has 0 unspecified atom stereocenters. The smallest absolute Gasteiger partial charge is 0.407 e. The molecule has 7 nitrogen and oxygen atoms in total. The highest BCUT2D eigenvalue weighted by Gasteiger charge is 2.31. The molecule has 2 amide bonds. The first kappa shape index (κ1) is 17.3. The topological polar surface area (TPSA) is 93.7 Å². The Morgan fingerprint density at radius 2 is 2.10 bits per heavy atom. The van der Waals surface area contributed by atoms with Gasteiger partial charge in [-0.05, 0) is 33.6 Å². The van der Waals surface area contributed by atoms with Crippen molar-refractivity contribution in [3.63, 3.8) is 0 Å². The van der Waals surface area contributed by atoms with Gasteiger partial charge >= 0.3 is 12.1 Å². The number of methoxy groups -OCH3 is 1. The van der Waals surface area contributed by atoms with E-state index in [1.807, 2.05) is 0 Å². The summed E-state index contributed by atoms with van der Waals surface area (Å²) in [4.78, 5) is 34.9. The zero-order valence-corrected chi connectivity index (χ0v) is 13.0. The van der Waals surface area contributed by atoms with E-state index in [1.165, 1.54) is 7.11 Å². The van der Waals surface area contributed by atoms with E-state index in [0.29, 0.717) is 19.4 Å². The molecule has 7 heteroatoms. The van der Waals surface area contributed by atoms with E-state index in [1.54, 1.807) is 20.8 Å². The first-order valence-corrected chi connectivity index (χ1v) is 7.05. The fraction of sp³-hybridized carbons (Fsp3) is 0.786. The van der Waals surface area contributed by atoms with Crippen molar-refractivity contribution in [1.29, 1.82) is 0 Å². The van der Waals surface area contributed by atoms with Crippen molar-refractivity contribution in [2.24, 2.45) is 11.8 Å². The first-order valence-electron chi connectivity index (χ1n) is 7.05. The van der Waals surface area contributed by atoms with E-state index < -0.39 is 23.6 Å². The number of hydrogen-bond donors (Lipinski definition) is 2. The standard InChI is InChI=1S/C14H24N2O5/c1-14(2,3)21-13(19)16-8-10(12(18)20-4)7-9-5-6-15-11(9)17/h9-10H,5-8H2,1-4H3,(H,15,17)(H,16,19)/t9-,10+/m1/s1. The van der Waals surface area contributed by atoms with Crippen LogP contribution in [-0.2, 0) is 19.1 Å². The lowest BCUT2D eigenvalue weighted by Gasteiger charge is -2.22. The van der Waals surface area contributed by atoms with Crippen LogP contribution in [0, 0.1) is 11.8 Å². The second kappa shape index (κ2) is 7.28. The van der Waals surface area contributed by atoms with Gasteiger partial charge in [0.25, 0.3) is 0 Å². The maximum Gasteiger partial charge on any atom is 0.407 e. The number of hydrogen-bond acceptors (Lipinski definition) is 5. The molecule has 120 valence electrons. The number of nitrogens with one attached hydrogen (secondary N) is 2. The minimum Gasteiger partial charge on any atom is -0.469 e. The van der Waals surface area contributed by atoms with Crippen LogP contribution in [0.5, 0.6) is 0 Å². The van der Waals surface area contributed by atoms with Gasteiger partial charge in [0.05, 0.1) is 13.0 Å². The second-order valence-corrected chi connectivity index (χ2v) is 6.12. The van der Waals surface area contributed by atoms with E-state index in [-0.39, 0.29) is 18.4 Å². The normalized spacial score (nSPS) is 19.6. The summed E-state index contributed by atoms with van der Waals surface area (Å²) in [7, 11) is 1.29. The summed E-state index contributed by atoms with van der Waals surface area (Å²) in [5.74, 6) is -1.27. The Morgan fingerprint density at radius 1 is 1.43 bits per heavy atom. The lowest BCUT2D eigenvalue weighted by atomic mass is 9.93. The minimum absolute atomic E-state index is 0.0545. The van der Waals surface area contributed by atoms with Gasteiger partial charge in [0.1, 0.15) is 5.60 Å². The van der Waals surface area contributed by atoms with Crippen molar-refractivity contribution in [1.82, 2.24) is 10.6 Å². The van der Waals surface area contributed by atoms with Crippen LogP contribution in [0.15, 0.2) is 0 Å². The quantitative estimate of drug-likeness (QED) is 0.733. The first-order chi connectivity index (χ1) is 9.73. The molecule has 0 aliphatic carbocycles. The molecule has 2 atom stereocenters. The van der Waals surface area contributed by atoms with Crippen LogP contribution in [0.3, 0.4) is 0 Å². The van der Waals surface area contributed by atoms with Crippen LogP contribution < -0.4 is 10.6 Å². The average molecular weight is 300 g/mol. The lowest BCUT2D eigenvalue weighted by molar-refractivity contribution is -0.146. The van der Waals surface area contributed by atoms with Gasteiger partial charge in [-0.2, -0.15) is 0 Å². The van der Waals surface area contributed by atoms with Crippen molar-refractivity contribution >= 4 is 18.0 Å². The van der Waals surface area contributed by atoms with Crippen molar-refractivity contribution in [3.8, 4) is 0 Å². The predicted octanol–water partition coefficient (Wildman–Crippen LogP) is 0.826. The third-order valence-corrected chi connectivity index (χ3v) is 3.16. The van der Waals surface area contributed by atoms with Crippen molar-refractivity contribution in [2.45, 2.75) is 39.2 Å². The number of carbonyl (C=O) groups is 3. The third kappa shape index (κ3) is 6.01. The van der Waals surface area contributed by atoms with Crippen LogP contribution in [0.25, 0.3) is 0 Å². The highest BCUT2D eigenvalue weighted by molar-refractivity contribution is 5.82. The molecule has 1 aliphatic rings. The molecule has 0 aromatic carbocycles. The van der Waals surface area contributed by atoms with Gasteiger partial charge in [-0.15, -0.1) is 0 Å². The molecular formula is C14H24N2O5. The maximum absolute atomic E-state index is 11.8. The molecule has 0 bridgehead atoms. The molecular weight excluding hydrogens is 276 g/mol. The highest BCUT2D eigenvalue weighted by atomic mass is 16.6. The average Bonchev–Trinajstić information content (AvgIpc) is 2.77. The van der Waals surface area contributed by atoms with Gasteiger partial charge in [-0.3, -0.25) is 9.59 Å². The Kier molecular flexibility index (Phi) is 5.99. The third-order valence-electron chi connectivity index (χ3n) is 3.16. The number of carbonyl (C=O) groups excluding carboxylic acids is 3. The summed E-state index contributed by atoms with van der Waals surface area (Å²) >= 11 is 0. The molecule has 1 rings (SSSR count). The second-order valence-electron chi connectivity index (χ2n) is 6.12. The van der Waals surface area contributed by atoms with Gasteiger partial charge < -0.3 is 20.1 Å². The summed E-state index contributed by atoms with van der Waals surface area (Å²) in [6, 6.07) is 0. The number of esters is 1. The number of alkyl carbamates (subject to hydrolysis) is 1. The number of ether oxygens (including phenoxy) is 2. The van der Waals surface area contributed by atoms with Crippen molar-refractivity contribution in [3.05, 3.63) is 0 Å². The zero-order valence-electron chi connectivity index (χ0n) is 13.0. The Morgan fingerprint density at radius 3 is 2.57 bits per heavy atom. The molecule has 0 spiro atoms. The molecule has 21 heavy (non-hydrogen) atoms. The van der Waals surface area contributed by atoms with Crippen LogP contribution in [0.1, 0.15) is 33.6 Å². The Labute approximate surface area is 124 Å². The molecule has 2 N–H and O–H groups in total. The van der Waals surface area contributed by atoms with E-state index in [2.05, 4.69) is 10.6 Å². The Balaban J connectivity index is 2.52. The molecule has 1 heterocycles. The van der Waals surface area contributed by atoms with E-state index in [9.17, 15) is 14.4 Å². The molecule has 0 aromatic heterocycles. The van der Waals surface area contributed by atoms with Crippen LogP contribution in [0.2, 0.25) is 0 Å². The molecule has 1 fully saturated rings. The summed E-state index contributed by atoms with van der Waals surface area (Å²) in [5, 5.41) is 5.27. The highest BCUT2D eigenvalue weighted by Crippen LogP contribution is 2.20. The summed E-state index contributed by atoms with van der Waals surface area (Å²) in [6.45, 7) is 5.98. The van der Waals surface area contributed by atoms with E-state index in [4.69, 9.17) is 9.47 Å². The number of amides is 2. The predicted molar refractivity (Wildman–Crippen MR) is 75.5 cm³/mol. The van der Waals surface area contributed by atoms with Crippen LogP contribution in [0.4, 0.5) is 4.79 Å². The fourth-order valence-electron chi connectivity index (χ4n) is 2.16. The maximum atomic E-state index is 11.8. The molecule has 0 radical (unpaired) electrons. The summed E-state index contributed by atoms with van der Waals surface area (Å²) < 4.78 is 9.84. The van der Waals surface area contributed by atoms with Gasteiger partial charge in [-0.1, -0.05) is 0 Å². The Bertz CT molecular complexity index is 403. The minimum atomic E-state index is -0.601. The van der Waals surface area contributed by atoms with Crippen LogP contribution >= 0.6 is 0 Å². The lowest BCUT2D eigenvalue weighted by Crippen LogP contribution is -2.38. The molecule has 1 aliphatic heterocycles. The summed E-state index contributed by atoms with van der Waals surface area (Å²) in [6.07, 6.45) is 0.458. The molecule has 1 saturated heterocycles. The van der Waals surface area contributed by atoms with Gasteiger partial charge in [0, 0.05) is 19.0 Å². The van der Waals surface area contributed by atoms with E-state index in [0.717, 1.165) is 0 Å². The van der Waals surface area contributed by atoms with Gasteiger partial charge in [0.15, 0.2) is 0 Å². The largest absolute Gasteiger partial charge is 0.469 e. The molecule has 0 saturated carbocycles. The van der Waals surface area contributed by atoms with Crippen molar-refractivity contribution in [2.75, 3.05) is 20.2 Å². The zero-order chi connectivity index (χ0) is 16.0. The van der Waals surface area contributed by atoms with Crippen molar-refractivity contribution < 1.29 is 23.9 Å². The van der Waals surface area contributed by atoms with Gasteiger partial charge in [-0.25, -0.2) is 4.79 Å². The van der Waals surface area contributed by atoms with E-state index >= 15 is 0 Å². The van der Waals surface area contributed by atoms with Gasteiger partial charge in [0.2, 0.25) is 5.91 Å². The summed E-state index contributed by atoms with van der Waals surface area (Å²) in [5.41, 5.74) is -0.601. The Hall–Kier alpha value is -1.79. The SMILES string of the molecule is COC(=O)[C@H](CNC(=O)OC(C)(C)C)C[C@H]1CCNC1=O. The molecule has 0 aromatic rings.